The summed E-state index contributed by atoms with van der Waals surface area (Å²) in [5.74, 6) is 0. The van der Waals surface area contributed by atoms with Crippen LogP contribution in [-0.4, -0.2) is 27.3 Å². The molecule has 0 fully saturated rings. The Morgan fingerprint density at radius 3 is 3.07 bits per heavy atom. The van der Waals surface area contributed by atoms with Crippen LogP contribution in [0.5, 0.6) is 0 Å². The minimum Gasteiger partial charge on any atom is -0.392 e. The minimum absolute atomic E-state index is 0.344. The van der Waals surface area contributed by atoms with E-state index in [1.165, 1.54) is 24.2 Å². The van der Waals surface area contributed by atoms with E-state index in [1.807, 2.05) is 6.33 Å². The van der Waals surface area contributed by atoms with E-state index in [2.05, 4.69) is 9.55 Å². The number of aliphatic hydroxyl groups is 1. The van der Waals surface area contributed by atoms with Crippen LogP contribution in [0, 0.1) is 0 Å². The maximum absolute atomic E-state index is 9.40. The molecule has 4 nitrogen and oxygen atoms in total. The molecule has 0 aromatic carbocycles. The molecule has 1 heterocycles. The van der Waals surface area contributed by atoms with Crippen LogP contribution >= 0.6 is 0 Å². The van der Waals surface area contributed by atoms with Gasteiger partial charge in [0.1, 0.15) is 0 Å². The Hall–Kier alpha value is -0.870. The monoisotopic (exact) mass is 209 g/mol. The lowest BCUT2D eigenvalue weighted by Crippen LogP contribution is -2.22. The summed E-state index contributed by atoms with van der Waals surface area (Å²) in [5, 5.41) is 9.40. The zero-order valence-electron chi connectivity index (χ0n) is 9.02. The maximum atomic E-state index is 9.40. The van der Waals surface area contributed by atoms with Gasteiger partial charge in [0, 0.05) is 18.8 Å². The van der Waals surface area contributed by atoms with E-state index in [0.29, 0.717) is 6.54 Å². The fraction of sp³-hybridized carbons (Fsp3) is 0.727. The predicted molar refractivity (Wildman–Crippen MR) is 58.5 cm³/mol. The fourth-order valence-corrected chi connectivity index (χ4v) is 2.13. The number of imidazole rings is 1. The Bertz CT molecular complexity index is 322. The summed E-state index contributed by atoms with van der Waals surface area (Å²) in [4.78, 5) is 4.41. The molecule has 1 atom stereocenters. The Labute approximate surface area is 90.1 Å². The predicted octanol–water partition coefficient (Wildman–Crippen LogP) is 0.472. The molecule has 0 saturated heterocycles. The van der Waals surface area contributed by atoms with Crippen molar-refractivity contribution in [2.45, 2.75) is 44.8 Å². The van der Waals surface area contributed by atoms with Crippen LogP contribution in [0.25, 0.3) is 0 Å². The van der Waals surface area contributed by atoms with Crippen molar-refractivity contribution in [3.05, 3.63) is 17.7 Å². The lowest BCUT2D eigenvalue weighted by Gasteiger charge is -2.15. The third kappa shape index (κ3) is 2.38. The lowest BCUT2D eigenvalue weighted by molar-refractivity contribution is 0.166. The van der Waals surface area contributed by atoms with Crippen LogP contribution in [-0.2, 0) is 19.4 Å². The quantitative estimate of drug-likeness (QED) is 0.757. The average Bonchev–Trinajstić information content (AvgIpc) is 2.69. The molecule has 1 aliphatic carbocycles. The highest BCUT2D eigenvalue weighted by atomic mass is 16.3. The van der Waals surface area contributed by atoms with Crippen LogP contribution in [0.4, 0.5) is 0 Å². The first-order chi connectivity index (χ1) is 7.31. The van der Waals surface area contributed by atoms with Gasteiger partial charge in [-0.25, -0.2) is 4.98 Å². The second-order valence-corrected chi connectivity index (χ2v) is 4.22. The van der Waals surface area contributed by atoms with Crippen molar-refractivity contribution in [2.24, 2.45) is 5.73 Å². The van der Waals surface area contributed by atoms with Gasteiger partial charge in [-0.3, -0.25) is 0 Å². The lowest BCUT2D eigenvalue weighted by atomic mass is 10.0. The minimum atomic E-state index is -0.383. The summed E-state index contributed by atoms with van der Waals surface area (Å²) in [6, 6.07) is 0. The molecule has 1 aromatic heterocycles. The van der Waals surface area contributed by atoms with Crippen molar-refractivity contribution in [1.82, 2.24) is 9.55 Å². The number of nitrogens with two attached hydrogens (primary N) is 1. The molecule has 3 N–H and O–H groups in total. The molecule has 0 saturated carbocycles. The van der Waals surface area contributed by atoms with Gasteiger partial charge < -0.3 is 15.4 Å². The normalized spacial score (nSPS) is 17.5. The van der Waals surface area contributed by atoms with E-state index in [9.17, 15) is 5.11 Å². The molecule has 1 aliphatic rings. The van der Waals surface area contributed by atoms with Crippen molar-refractivity contribution >= 4 is 0 Å². The Balaban J connectivity index is 1.99. The van der Waals surface area contributed by atoms with Gasteiger partial charge in [-0.2, -0.15) is 0 Å². The second kappa shape index (κ2) is 4.77. The zero-order chi connectivity index (χ0) is 10.7. The maximum Gasteiger partial charge on any atom is 0.0951 e. The summed E-state index contributed by atoms with van der Waals surface area (Å²) in [7, 11) is 0. The standard InChI is InChI=1S/C11H19N3O/c12-7-9(15)5-6-14-8-13-10-3-1-2-4-11(10)14/h8-9,15H,1-7,12H2. The first-order valence-corrected chi connectivity index (χ1v) is 5.72. The molecule has 0 aliphatic heterocycles. The molecule has 84 valence electrons. The van der Waals surface area contributed by atoms with E-state index in [-0.39, 0.29) is 6.10 Å². The smallest absolute Gasteiger partial charge is 0.0951 e. The largest absolute Gasteiger partial charge is 0.392 e. The molecule has 15 heavy (non-hydrogen) atoms. The highest BCUT2D eigenvalue weighted by Crippen LogP contribution is 2.20. The van der Waals surface area contributed by atoms with Crippen molar-refractivity contribution in [1.29, 1.82) is 0 Å². The molecule has 4 heteroatoms. The SMILES string of the molecule is NCC(O)CCn1cnc2c1CCCC2. The fourth-order valence-electron chi connectivity index (χ4n) is 2.13. The molecule has 0 radical (unpaired) electrons. The summed E-state index contributed by atoms with van der Waals surface area (Å²) in [6.45, 7) is 1.18. The Kier molecular flexibility index (Phi) is 3.38. The third-order valence-electron chi connectivity index (χ3n) is 3.09. The van der Waals surface area contributed by atoms with Gasteiger partial charge in [-0.1, -0.05) is 0 Å². The summed E-state index contributed by atoms with van der Waals surface area (Å²) in [5.41, 5.74) is 7.99. The van der Waals surface area contributed by atoms with Crippen LogP contribution in [0.1, 0.15) is 30.7 Å². The van der Waals surface area contributed by atoms with Crippen LogP contribution in [0.3, 0.4) is 0 Å². The molecule has 0 bridgehead atoms. The summed E-state index contributed by atoms with van der Waals surface area (Å²) >= 11 is 0. The summed E-state index contributed by atoms with van der Waals surface area (Å²) < 4.78 is 2.17. The molecule has 2 rings (SSSR count). The molecular weight excluding hydrogens is 190 g/mol. The van der Waals surface area contributed by atoms with Gasteiger partial charge in [0.05, 0.1) is 18.1 Å². The topological polar surface area (TPSA) is 64.1 Å². The van der Waals surface area contributed by atoms with Crippen molar-refractivity contribution < 1.29 is 5.11 Å². The van der Waals surface area contributed by atoms with Gasteiger partial charge in [0.25, 0.3) is 0 Å². The van der Waals surface area contributed by atoms with Crippen LogP contribution < -0.4 is 5.73 Å². The Morgan fingerprint density at radius 2 is 2.27 bits per heavy atom. The van der Waals surface area contributed by atoms with Crippen LogP contribution in [0.2, 0.25) is 0 Å². The van der Waals surface area contributed by atoms with Crippen molar-refractivity contribution in [2.75, 3.05) is 6.54 Å². The molecule has 1 unspecified atom stereocenters. The number of aryl methyl sites for hydroxylation is 2. The van der Waals surface area contributed by atoms with Crippen LogP contribution in [0.15, 0.2) is 6.33 Å². The molecule has 0 spiro atoms. The first-order valence-electron chi connectivity index (χ1n) is 5.72. The number of fused-ring (bicyclic) bond motifs is 1. The van der Waals surface area contributed by atoms with Gasteiger partial charge in [-0.05, 0) is 32.1 Å². The molecule has 0 amide bonds. The molecular formula is C11H19N3O. The van der Waals surface area contributed by atoms with Crippen molar-refractivity contribution in [3.8, 4) is 0 Å². The van der Waals surface area contributed by atoms with Gasteiger partial charge in [0.15, 0.2) is 0 Å². The highest BCUT2D eigenvalue weighted by Gasteiger charge is 2.15. The number of rotatable bonds is 4. The Morgan fingerprint density at radius 1 is 1.47 bits per heavy atom. The van der Waals surface area contributed by atoms with Gasteiger partial charge in [-0.15, -0.1) is 0 Å². The highest BCUT2D eigenvalue weighted by molar-refractivity contribution is 5.16. The van der Waals surface area contributed by atoms with E-state index < -0.39 is 0 Å². The second-order valence-electron chi connectivity index (χ2n) is 4.22. The molecule has 1 aromatic rings. The van der Waals surface area contributed by atoms with E-state index in [1.54, 1.807) is 0 Å². The van der Waals surface area contributed by atoms with E-state index in [4.69, 9.17) is 5.73 Å². The first kappa shape index (κ1) is 10.6. The number of aliphatic hydroxyl groups excluding tert-OH is 1. The van der Waals surface area contributed by atoms with Crippen molar-refractivity contribution in [3.63, 3.8) is 0 Å². The zero-order valence-corrected chi connectivity index (χ0v) is 9.02. The number of hydrogen-bond donors (Lipinski definition) is 2. The van der Waals surface area contributed by atoms with Gasteiger partial charge >= 0.3 is 0 Å². The number of nitrogens with zero attached hydrogens (tertiary/aromatic N) is 2. The van der Waals surface area contributed by atoms with Gasteiger partial charge in [0.2, 0.25) is 0 Å². The third-order valence-corrected chi connectivity index (χ3v) is 3.09. The van der Waals surface area contributed by atoms with E-state index >= 15 is 0 Å². The average molecular weight is 209 g/mol. The number of aromatic nitrogens is 2. The number of hydrogen-bond acceptors (Lipinski definition) is 3. The van der Waals surface area contributed by atoms with E-state index in [0.717, 1.165) is 25.8 Å². The summed E-state index contributed by atoms with van der Waals surface area (Å²) in [6.07, 6.45) is 7.01.